The van der Waals surface area contributed by atoms with E-state index in [1.807, 2.05) is 0 Å². The Morgan fingerprint density at radius 3 is 2.18 bits per heavy atom. The fourth-order valence-corrected chi connectivity index (χ4v) is 3.16. The van der Waals surface area contributed by atoms with E-state index in [2.05, 4.69) is 0 Å². The highest BCUT2D eigenvalue weighted by atomic mass is 32.2. The maximum absolute atomic E-state index is 12.1. The summed E-state index contributed by atoms with van der Waals surface area (Å²) in [7, 11) is -3.63. The summed E-state index contributed by atoms with van der Waals surface area (Å²) in [5.41, 5.74) is 0.590. The normalized spacial score (nSPS) is 11.3. The molecule has 0 saturated carbocycles. The highest BCUT2D eigenvalue weighted by Gasteiger charge is 2.16. The quantitative estimate of drug-likeness (QED) is 0.494. The Hall–Kier alpha value is -2.61. The van der Waals surface area contributed by atoms with Crippen molar-refractivity contribution in [2.75, 3.05) is 5.75 Å². The molecule has 0 spiro atoms. The molecule has 0 atom stereocenters. The Bertz CT molecular complexity index is 799. The largest absolute Gasteiger partial charge is 0.504 e. The third-order valence-electron chi connectivity index (χ3n) is 3.11. The van der Waals surface area contributed by atoms with Crippen molar-refractivity contribution in [2.24, 2.45) is 0 Å². The number of aryl methyl sites for hydroxylation is 1. The number of hydrogen-bond donors (Lipinski definition) is 2. The SMILES string of the molecule is O=[N+]([O-])c1ccc(CCS(=O)(=O)c2ccc(O)c(O)c2)cc1. The average Bonchev–Trinajstić information content (AvgIpc) is 2.48. The number of nitrogens with zero attached hydrogens (tertiary/aromatic N) is 1. The first kappa shape index (κ1) is 15.8. The molecular formula is C14H13NO6S. The van der Waals surface area contributed by atoms with Crippen LogP contribution in [0.2, 0.25) is 0 Å². The van der Waals surface area contributed by atoms with Crippen LogP contribution in [0.5, 0.6) is 11.5 Å². The van der Waals surface area contributed by atoms with Gasteiger partial charge in [-0.05, 0) is 24.1 Å². The molecule has 0 unspecified atom stereocenters. The number of aromatic hydroxyl groups is 2. The van der Waals surface area contributed by atoms with Crippen LogP contribution < -0.4 is 0 Å². The lowest BCUT2D eigenvalue weighted by Gasteiger charge is -2.06. The molecule has 8 heteroatoms. The van der Waals surface area contributed by atoms with E-state index in [9.17, 15) is 28.7 Å². The standard InChI is InChI=1S/C14H13NO6S/c16-13-6-5-12(9-14(13)17)22(20,21)8-7-10-1-3-11(4-2-10)15(18)19/h1-6,9,16-17H,7-8H2. The molecule has 0 fully saturated rings. The highest BCUT2D eigenvalue weighted by molar-refractivity contribution is 7.91. The molecule has 22 heavy (non-hydrogen) atoms. The van der Waals surface area contributed by atoms with Gasteiger partial charge in [-0.2, -0.15) is 0 Å². The van der Waals surface area contributed by atoms with E-state index < -0.39 is 26.3 Å². The molecule has 116 valence electrons. The van der Waals surface area contributed by atoms with Gasteiger partial charge in [0, 0.05) is 18.2 Å². The number of phenolic OH excluding ortho intramolecular Hbond substituents is 2. The van der Waals surface area contributed by atoms with Crippen LogP contribution >= 0.6 is 0 Å². The molecule has 2 N–H and O–H groups in total. The van der Waals surface area contributed by atoms with Crippen molar-refractivity contribution >= 4 is 15.5 Å². The Morgan fingerprint density at radius 2 is 1.64 bits per heavy atom. The Morgan fingerprint density at radius 1 is 1.00 bits per heavy atom. The average molecular weight is 323 g/mol. The minimum absolute atomic E-state index is 0.0601. The summed E-state index contributed by atoms with van der Waals surface area (Å²) >= 11 is 0. The third kappa shape index (κ3) is 3.53. The van der Waals surface area contributed by atoms with Gasteiger partial charge < -0.3 is 10.2 Å². The van der Waals surface area contributed by atoms with Crippen molar-refractivity contribution in [1.82, 2.24) is 0 Å². The van der Waals surface area contributed by atoms with Crippen LogP contribution in [-0.2, 0) is 16.3 Å². The molecule has 2 rings (SSSR count). The van der Waals surface area contributed by atoms with Crippen molar-refractivity contribution < 1.29 is 23.6 Å². The first-order valence-corrected chi connectivity index (χ1v) is 7.93. The van der Waals surface area contributed by atoms with Gasteiger partial charge in [0.05, 0.1) is 15.6 Å². The van der Waals surface area contributed by atoms with E-state index in [0.717, 1.165) is 12.1 Å². The van der Waals surface area contributed by atoms with Crippen molar-refractivity contribution in [3.05, 3.63) is 58.1 Å². The van der Waals surface area contributed by atoms with Gasteiger partial charge in [-0.1, -0.05) is 12.1 Å². The first-order valence-electron chi connectivity index (χ1n) is 6.28. The van der Waals surface area contributed by atoms with Crippen molar-refractivity contribution in [1.29, 1.82) is 0 Å². The van der Waals surface area contributed by atoms with E-state index in [1.165, 1.54) is 30.3 Å². The van der Waals surface area contributed by atoms with Crippen LogP contribution in [0.3, 0.4) is 0 Å². The molecule has 0 aromatic heterocycles. The van der Waals surface area contributed by atoms with Crippen LogP contribution in [0.1, 0.15) is 5.56 Å². The number of nitro groups is 1. The molecule has 0 bridgehead atoms. The molecule has 0 radical (unpaired) electrons. The maximum Gasteiger partial charge on any atom is 0.269 e. The summed E-state index contributed by atoms with van der Waals surface area (Å²) in [5.74, 6) is -1.11. The van der Waals surface area contributed by atoms with Gasteiger partial charge in [-0.3, -0.25) is 10.1 Å². The highest BCUT2D eigenvalue weighted by Crippen LogP contribution is 2.27. The maximum atomic E-state index is 12.1. The monoisotopic (exact) mass is 323 g/mol. The molecule has 0 saturated heterocycles. The van der Waals surface area contributed by atoms with E-state index in [0.29, 0.717) is 5.56 Å². The number of phenols is 2. The molecule has 2 aromatic carbocycles. The second kappa shape index (κ2) is 6.02. The number of nitro benzene ring substituents is 1. The molecule has 2 aromatic rings. The summed E-state index contributed by atoms with van der Waals surface area (Å²) in [6.45, 7) is 0. The van der Waals surface area contributed by atoms with Crippen molar-refractivity contribution in [3.8, 4) is 11.5 Å². The molecule has 0 aliphatic carbocycles. The second-order valence-electron chi connectivity index (χ2n) is 4.64. The lowest BCUT2D eigenvalue weighted by atomic mass is 10.1. The minimum atomic E-state index is -3.63. The fourth-order valence-electron chi connectivity index (χ4n) is 1.85. The zero-order valence-corrected chi connectivity index (χ0v) is 12.2. The molecule has 0 heterocycles. The summed E-state index contributed by atoms with van der Waals surface area (Å²) in [6, 6.07) is 8.93. The van der Waals surface area contributed by atoms with Gasteiger partial charge in [-0.15, -0.1) is 0 Å². The summed E-state index contributed by atoms with van der Waals surface area (Å²) in [4.78, 5) is 9.92. The van der Waals surface area contributed by atoms with Gasteiger partial charge in [0.2, 0.25) is 0 Å². The zero-order valence-electron chi connectivity index (χ0n) is 11.3. The van der Waals surface area contributed by atoms with Gasteiger partial charge in [0.25, 0.3) is 5.69 Å². The van der Waals surface area contributed by atoms with Crippen LogP contribution in [0, 0.1) is 10.1 Å². The van der Waals surface area contributed by atoms with E-state index in [1.54, 1.807) is 0 Å². The topological polar surface area (TPSA) is 118 Å². The molecule has 0 aliphatic rings. The molecular weight excluding hydrogens is 310 g/mol. The molecule has 0 amide bonds. The Kier molecular flexibility index (Phi) is 4.32. The minimum Gasteiger partial charge on any atom is -0.504 e. The Labute approximate surface area is 126 Å². The van der Waals surface area contributed by atoms with Crippen LogP contribution in [0.25, 0.3) is 0 Å². The predicted octanol–water partition coefficient (Wildman–Crippen LogP) is 2.02. The van der Waals surface area contributed by atoms with E-state index in [4.69, 9.17) is 0 Å². The summed E-state index contributed by atoms with van der Waals surface area (Å²) in [6.07, 6.45) is 0.183. The zero-order chi connectivity index (χ0) is 16.3. The van der Waals surface area contributed by atoms with Gasteiger partial charge in [0.1, 0.15) is 0 Å². The van der Waals surface area contributed by atoms with Gasteiger partial charge in [-0.25, -0.2) is 8.42 Å². The lowest BCUT2D eigenvalue weighted by Crippen LogP contribution is -2.09. The fraction of sp³-hybridized carbons (Fsp3) is 0.143. The number of hydrogen-bond acceptors (Lipinski definition) is 6. The van der Waals surface area contributed by atoms with E-state index >= 15 is 0 Å². The summed E-state index contributed by atoms with van der Waals surface area (Å²) in [5, 5.41) is 29.1. The van der Waals surface area contributed by atoms with E-state index in [-0.39, 0.29) is 22.8 Å². The van der Waals surface area contributed by atoms with Gasteiger partial charge in [0.15, 0.2) is 21.3 Å². The van der Waals surface area contributed by atoms with Crippen molar-refractivity contribution in [2.45, 2.75) is 11.3 Å². The first-order chi connectivity index (χ1) is 10.3. The predicted molar refractivity (Wildman–Crippen MR) is 78.6 cm³/mol. The van der Waals surface area contributed by atoms with Crippen LogP contribution in [-0.4, -0.2) is 29.3 Å². The molecule has 7 nitrogen and oxygen atoms in total. The third-order valence-corrected chi connectivity index (χ3v) is 4.83. The number of rotatable bonds is 5. The van der Waals surface area contributed by atoms with Crippen molar-refractivity contribution in [3.63, 3.8) is 0 Å². The number of benzene rings is 2. The smallest absolute Gasteiger partial charge is 0.269 e. The Balaban J connectivity index is 2.12. The number of sulfone groups is 1. The second-order valence-corrected chi connectivity index (χ2v) is 6.75. The van der Waals surface area contributed by atoms with Gasteiger partial charge >= 0.3 is 0 Å². The number of non-ortho nitro benzene ring substituents is 1. The molecule has 0 aliphatic heterocycles. The summed E-state index contributed by atoms with van der Waals surface area (Å²) < 4.78 is 24.3. The van der Waals surface area contributed by atoms with Crippen LogP contribution in [0.15, 0.2) is 47.4 Å². The van der Waals surface area contributed by atoms with Crippen LogP contribution in [0.4, 0.5) is 5.69 Å². The lowest BCUT2D eigenvalue weighted by molar-refractivity contribution is -0.384.